The molecule has 8 heteroatoms. The summed E-state index contributed by atoms with van der Waals surface area (Å²) < 4.78 is 52.9. The van der Waals surface area contributed by atoms with Gasteiger partial charge >= 0.3 is 0 Å². The number of fused-ring (bicyclic) bond motifs is 2. The highest BCUT2D eigenvalue weighted by atomic mass is 32.2. The van der Waals surface area contributed by atoms with Crippen molar-refractivity contribution < 1.29 is 16.8 Å². The van der Waals surface area contributed by atoms with Gasteiger partial charge in [-0.15, -0.1) is 0 Å². The first-order valence-electron chi connectivity index (χ1n) is 7.83. The fraction of sp³-hybridized carbons (Fsp3) is 0.600. The van der Waals surface area contributed by atoms with Crippen molar-refractivity contribution in [1.82, 2.24) is 8.61 Å². The summed E-state index contributed by atoms with van der Waals surface area (Å²) in [5.74, 6) is 0.406. The van der Waals surface area contributed by atoms with Gasteiger partial charge in [-0.05, 0) is 36.8 Å². The first-order chi connectivity index (χ1) is 10.7. The predicted molar refractivity (Wildman–Crippen MR) is 85.8 cm³/mol. The Bertz CT molecular complexity index is 861. The van der Waals surface area contributed by atoms with Crippen molar-refractivity contribution in [2.75, 3.05) is 25.9 Å². The van der Waals surface area contributed by atoms with Crippen molar-refractivity contribution in [3.8, 4) is 0 Å². The van der Waals surface area contributed by atoms with Crippen molar-refractivity contribution >= 4 is 20.0 Å². The lowest BCUT2D eigenvalue weighted by molar-refractivity contribution is 0.204. The second-order valence-electron chi connectivity index (χ2n) is 6.85. The van der Waals surface area contributed by atoms with Crippen LogP contribution in [0, 0.1) is 5.92 Å². The van der Waals surface area contributed by atoms with Crippen LogP contribution in [-0.2, 0) is 25.6 Å². The van der Waals surface area contributed by atoms with Gasteiger partial charge in [0, 0.05) is 19.6 Å². The molecular formula is C15H20N2O4S2. The van der Waals surface area contributed by atoms with Gasteiger partial charge in [-0.25, -0.2) is 16.8 Å². The maximum Gasteiger partial charge on any atom is 0.244 e. The van der Waals surface area contributed by atoms with Crippen LogP contribution in [0.4, 0.5) is 0 Å². The van der Waals surface area contributed by atoms with Crippen molar-refractivity contribution in [1.29, 1.82) is 0 Å². The molecule has 3 aliphatic rings. The Labute approximate surface area is 137 Å². The van der Waals surface area contributed by atoms with Gasteiger partial charge in [0.25, 0.3) is 0 Å². The van der Waals surface area contributed by atoms with Crippen LogP contribution < -0.4 is 0 Å². The van der Waals surface area contributed by atoms with Crippen LogP contribution in [0.2, 0.25) is 0 Å². The van der Waals surface area contributed by atoms with Crippen molar-refractivity contribution in [2.45, 2.75) is 29.7 Å². The summed E-state index contributed by atoms with van der Waals surface area (Å²) in [6, 6.07) is 7.04. The van der Waals surface area contributed by atoms with E-state index in [2.05, 4.69) is 0 Å². The zero-order chi connectivity index (χ0) is 16.5. The lowest BCUT2D eigenvalue weighted by atomic mass is 9.89. The van der Waals surface area contributed by atoms with Gasteiger partial charge in [-0.3, -0.25) is 0 Å². The van der Waals surface area contributed by atoms with Gasteiger partial charge in [0.2, 0.25) is 20.0 Å². The number of hydrogen-bond donors (Lipinski definition) is 0. The molecule has 23 heavy (non-hydrogen) atoms. The molecule has 6 nitrogen and oxygen atoms in total. The fourth-order valence-corrected chi connectivity index (χ4v) is 6.84. The van der Waals surface area contributed by atoms with Gasteiger partial charge in [0.05, 0.1) is 16.7 Å². The Hall–Kier alpha value is -0.960. The molecule has 1 aromatic rings. The van der Waals surface area contributed by atoms with Crippen LogP contribution in [0.1, 0.15) is 24.8 Å². The van der Waals surface area contributed by atoms with E-state index in [4.69, 9.17) is 0 Å². The molecule has 2 fully saturated rings. The molecule has 1 aromatic carbocycles. The molecule has 2 aliphatic heterocycles. The Morgan fingerprint density at radius 3 is 2.57 bits per heavy atom. The van der Waals surface area contributed by atoms with Gasteiger partial charge in [-0.2, -0.15) is 8.61 Å². The Balaban J connectivity index is 1.85. The monoisotopic (exact) mass is 356 g/mol. The van der Waals surface area contributed by atoms with Crippen LogP contribution in [0.15, 0.2) is 29.2 Å². The predicted octanol–water partition coefficient (Wildman–Crippen LogP) is 0.962. The Kier molecular flexibility index (Phi) is 3.23. The standard InChI is InChI=1S/C15H20N2O4S2/c1-22(18,19)16-9-8-15(11-16)13-4-2-3-5-14(13)23(20,21)17(15)10-12-6-7-12/h2-5,12H,6-11H2,1H3. The molecule has 0 bridgehead atoms. The zero-order valence-electron chi connectivity index (χ0n) is 13.0. The Morgan fingerprint density at radius 1 is 1.26 bits per heavy atom. The molecule has 0 N–H and O–H groups in total. The first kappa shape index (κ1) is 15.6. The summed E-state index contributed by atoms with van der Waals surface area (Å²) in [6.45, 7) is 1.08. The smallest absolute Gasteiger partial charge is 0.213 e. The quantitative estimate of drug-likeness (QED) is 0.808. The third kappa shape index (κ3) is 2.26. The van der Waals surface area contributed by atoms with E-state index in [-0.39, 0.29) is 6.54 Å². The molecule has 0 amide bonds. The number of sulfonamides is 2. The van der Waals surface area contributed by atoms with Gasteiger partial charge in [0.15, 0.2) is 0 Å². The molecule has 1 saturated carbocycles. The van der Waals surface area contributed by atoms with E-state index >= 15 is 0 Å². The van der Waals surface area contributed by atoms with E-state index in [1.54, 1.807) is 16.4 Å². The maximum absolute atomic E-state index is 13.0. The third-order valence-electron chi connectivity index (χ3n) is 5.24. The van der Waals surface area contributed by atoms with Crippen molar-refractivity contribution in [3.63, 3.8) is 0 Å². The molecule has 1 unspecified atom stereocenters. The van der Waals surface area contributed by atoms with E-state index in [9.17, 15) is 16.8 Å². The third-order valence-corrected chi connectivity index (χ3v) is 8.48. The summed E-state index contributed by atoms with van der Waals surface area (Å²) in [5, 5.41) is 0. The summed E-state index contributed by atoms with van der Waals surface area (Å²) in [4.78, 5) is 0.344. The van der Waals surface area contributed by atoms with Crippen LogP contribution in [-0.4, -0.2) is 51.3 Å². The lowest BCUT2D eigenvalue weighted by Gasteiger charge is -2.34. The van der Waals surface area contributed by atoms with E-state index in [0.29, 0.717) is 30.3 Å². The van der Waals surface area contributed by atoms with Crippen LogP contribution in [0.5, 0.6) is 0 Å². The molecular weight excluding hydrogens is 336 g/mol. The molecule has 0 aromatic heterocycles. The fourth-order valence-electron chi connectivity index (χ4n) is 3.83. The maximum atomic E-state index is 13.0. The minimum atomic E-state index is -3.55. The van der Waals surface area contributed by atoms with E-state index < -0.39 is 25.6 Å². The molecule has 126 valence electrons. The summed E-state index contributed by atoms with van der Waals surface area (Å²) in [5.41, 5.74) is 0.0213. The summed E-state index contributed by atoms with van der Waals surface area (Å²) >= 11 is 0. The van der Waals surface area contributed by atoms with Gasteiger partial charge in [-0.1, -0.05) is 18.2 Å². The number of hydrogen-bond acceptors (Lipinski definition) is 4. The van der Waals surface area contributed by atoms with Gasteiger partial charge in [0.1, 0.15) is 0 Å². The average molecular weight is 356 g/mol. The lowest BCUT2D eigenvalue weighted by Crippen LogP contribution is -2.47. The normalized spacial score (nSPS) is 30.8. The minimum Gasteiger partial charge on any atom is -0.213 e. The van der Waals surface area contributed by atoms with Crippen LogP contribution >= 0.6 is 0 Å². The van der Waals surface area contributed by atoms with E-state index in [1.807, 2.05) is 12.1 Å². The molecule has 2 heterocycles. The van der Waals surface area contributed by atoms with Gasteiger partial charge < -0.3 is 0 Å². The topological polar surface area (TPSA) is 74.8 Å². The summed E-state index contributed by atoms with van der Waals surface area (Å²) in [6.07, 6.45) is 3.80. The second-order valence-corrected chi connectivity index (χ2v) is 10.7. The highest BCUT2D eigenvalue weighted by molar-refractivity contribution is 7.89. The highest BCUT2D eigenvalue weighted by Gasteiger charge is 2.58. The summed E-state index contributed by atoms with van der Waals surface area (Å²) in [7, 11) is -6.88. The van der Waals surface area contributed by atoms with E-state index in [0.717, 1.165) is 18.4 Å². The first-order valence-corrected chi connectivity index (χ1v) is 11.1. The molecule has 1 atom stereocenters. The molecule has 1 spiro atoms. The number of benzene rings is 1. The second kappa shape index (κ2) is 4.78. The average Bonchev–Trinajstić information content (AvgIpc) is 3.15. The zero-order valence-corrected chi connectivity index (χ0v) is 14.6. The van der Waals surface area contributed by atoms with Crippen molar-refractivity contribution in [3.05, 3.63) is 29.8 Å². The molecule has 4 rings (SSSR count). The minimum absolute atomic E-state index is 0.217. The molecule has 1 aliphatic carbocycles. The highest BCUT2D eigenvalue weighted by Crippen LogP contribution is 2.51. The Morgan fingerprint density at radius 2 is 1.96 bits per heavy atom. The van der Waals surface area contributed by atoms with Crippen molar-refractivity contribution in [2.24, 2.45) is 5.92 Å². The molecule has 0 radical (unpaired) electrons. The molecule has 1 saturated heterocycles. The number of nitrogens with zero attached hydrogens (tertiary/aromatic N) is 2. The van der Waals surface area contributed by atoms with E-state index in [1.165, 1.54) is 10.6 Å². The van der Waals surface area contributed by atoms with Crippen LogP contribution in [0.25, 0.3) is 0 Å². The number of rotatable bonds is 3. The van der Waals surface area contributed by atoms with Crippen LogP contribution in [0.3, 0.4) is 0 Å². The SMILES string of the molecule is CS(=O)(=O)N1CCC2(C1)c1ccccc1S(=O)(=O)N2CC1CC1. The largest absolute Gasteiger partial charge is 0.244 e.